The number of benzene rings is 1. The van der Waals surface area contributed by atoms with Crippen LogP contribution in [-0.2, 0) is 12.8 Å². The second kappa shape index (κ2) is 5.52. The molecule has 2 aromatic heterocycles. The number of hydrogen-bond acceptors (Lipinski definition) is 3. The lowest BCUT2D eigenvalue weighted by Gasteiger charge is -2.30. The van der Waals surface area contributed by atoms with E-state index in [1.165, 1.54) is 10.4 Å². The smallest absolute Gasteiger partial charge is 0.191 e. The molecule has 3 aromatic rings. The van der Waals surface area contributed by atoms with Gasteiger partial charge < -0.3 is 0 Å². The Morgan fingerprint density at radius 1 is 1.21 bits per heavy atom. The fourth-order valence-corrected chi connectivity index (χ4v) is 5.10. The third-order valence-electron chi connectivity index (χ3n) is 5.11. The molecule has 0 N–H and O–H groups in total. The predicted molar refractivity (Wildman–Crippen MR) is 102 cm³/mol. The molecule has 0 fully saturated rings. The molecule has 0 unspecified atom stereocenters. The average molecular weight is 335 g/mol. The topological polar surface area (TPSA) is 30.0 Å². The summed E-state index contributed by atoms with van der Waals surface area (Å²) in [5.41, 5.74) is 5.06. The van der Waals surface area contributed by atoms with Crippen molar-refractivity contribution in [2.24, 2.45) is 5.41 Å². The molecule has 1 aromatic carbocycles. The van der Waals surface area contributed by atoms with Crippen LogP contribution in [0.15, 0.2) is 41.5 Å². The van der Waals surface area contributed by atoms with E-state index in [2.05, 4.69) is 37.9 Å². The van der Waals surface area contributed by atoms with Crippen molar-refractivity contribution in [2.45, 2.75) is 40.0 Å². The molecule has 3 heteroatoms. The second-order valence-electron chi connectivity index (χ2n) is 7.58. The van der Waals surface area contributed by atoms with Crippen molar-refractivity contribution in [1.82, 2.24) is 4.98 Å². The summed E-state index contributed by atoms with van der Waals surface area (Å²) in [6, 6.07) is 8.24. The lowest BCUT2D eigenvalue weighted by atomic mass is 9.77. The van der Waals surface area contributed by atoms with E-state index >= 15 is 0 Å². The first-order valence-corrected chi connectivity index (χ1v) is 9.26. The Labute approximate surface area is 146 Å². The number of aromatic nitrogens is 1. The third kappa shape index (κ3) is 2.57. The monoisotopic (exact) mass is 335 g/mol. The Morgan fingerprint density at radius 3 is 2.83 bits per heavy atom. The van der Waals surface area contributed by atoms with Gasteiger partial charge in [-0.25, -0.2) is 0 Å². The third-order valence-corrected chi connectivity index (χ3v) is 6.31. The molecule has 0 radical (unpaired) electrons. The number of pyridine rings is 1. The minimum Gasteiger partial charge on any atom is -0.289 e. The van der Waals surface area contributed by atoms with Gasteiger partial charge >= 0.3 is 0 Å². The van der Waals surface area contributed by atoms with Crippen molar-refractivity contribution >= 4 is 21.4 Å². The molecule has 1 aliphatic carbocycles. The second-order valence-corrected chi connectivity index (χ2v) is 8.71. The first-order valence-electron chi connectivity index (χ1n) is 8.44. The Balaban J connectivity index is 1.92. The molecule has 4 rings (SSSR count). The van der Waals surface area contributed by atoms with Gasteiger partial charge in [0.05, 0.1) is 0 Å². The minimum absolute atomic E-state index is 0.240. The van der Waals surface area contributed by atoms with Gasteiger partial charge in [0, 0.05) is 38.5 Å². The van der Waals surface area contributed by atoms with E-state index in [1.807, 2.05) is 24.5 Å². The zero-order valence-corrected chi connectivity index (χ0v) is 15.2. The SMILES string of the molecule is Cc1ccncc1-c1ccc2c(=O)c3c(sc2c1)CC(C)(C)CC3. The van der Waals surface area contributed by atoms with Crippen LogP contribution in [0.5, 0.6) is 0 Å². The minimum atomic E-state index is 0.240. The van der Waals surface area contributed by atoms with Crippen LogP contribution in [-0.4, -0.2) is 4.98 Å². The van der Waals surface area contributed by atoms with Crippen LogP contribution < -0.4 is 5.43 Å². The average Bonchev–Trinajstić information content (AvgIpc) is 2.54. The van der Waals surface area contributed by atoms with Crippen molar-refractivity contribution in [3.8, 4) is 11.1 Å². The van der Waals surface area contributed by atoms with Crippen molar-refractivity contribution < 1.29 is 0 Å². The summed E-state index contributed by atoms with van der Waals surface area (Å²) in [4.78, 5) is 18.4. The first kappa shape index (κ1) is 15.5. The summed E-state index contributed by atoms with van der Waals surface area (Å²) < 4.78 is 1.09. The Bertz CT molecular complexity index is 1000. The zero-order valence-electron chi connectivity index (χ0n) is 14.3. The molecular weight excluding hydrogens is 314 g/mol. The summed E-state index contributed by atoms with van der Waals surface area (Å²) >= 11 is 1.80. The van der Waals surface area contributed by atoms with Crippen molar-refractivity contribution in [1.29, 1.82) is 0 Å². The van der Waals surface area contributed by atoms with Crippen LogP contribution in [0.3, 0.4) is 0 Å². The highest BCUT2D eigenvalue weighted by Crippen LogP contribution is 2.38. The van der Waals surface area contributed by atoms with Gasteiger partial charge in [0.1, 0.15) is 0 Å². The Hall–Kier alpha value is -2.00. The van der Waals surface area contributed by atoms with E-state index in [0.29, 0.717) is 5.41 Å². The zero-order chi connectivity index (χ0) is 16.9. The van der Waals surface area contributed by atoms with Gasteiger partial charge in [-0.15, -0.1) is 11.3 Å². The summed E-state index contributed by atoms with van der Waals surface area (Å²) in [7, 11) is 0. The molecule has 24 heavy (non-hydrogen) atoms. The van der Waals surface area contributed by atoms with Gasteiger partial charge in [0.15, 0.2) is 5.43 Å². The van der Waals surface area contributed by atoms with E-state index in [4.69, 9.17) is 0 Å². The molecule has 0 spiro atoms. The van der Waals surface area contributed by atoms with Crippen LogP contribution in [0.1, 0.15) is 36.3 Å². The maximum Gasteiger partial charge on any atom is 0.191 e. The number of rotatable bonds is 1. The highest BCUT2D eigenvalue weighted by molar-refractivity contribution is 7.18. The largest absolute Gasteiger partial charge is 0.289 e. The molecule has 0 saturated carbocycles. The summed E-state index contributed by atoms with van der Waals surface area (Å²) in [6.07, 6.45) is 6.74. The number of hydrogen-bond donors (Lipinski definition) is 0. The molecule has 0 aliphatic heterocycles. The Morgan fingerprint density at radius 2 is 2.04 bits per heavy atom. The highest BCUT2D eigenvalue weighted by atomic mass is 32.1. The van der Waals surface area contributed by atoms with Gasteiger partial charge in [-0.2, -0.15) is 0 Å². The molecule has 122 valence electrons. The summed E-state index contributed by atoms with van der Waals surface area (Å²) in [6.45, 7) is 6.69. The molecular formula is C21H21NOS. The lowest BCUT2D eigenvalue weighted by molar-refractivity contribution is 0.318. The number of aryl methyl sites for hydroxylation is 1. The van der Waals surface area contributed by atoms with Crippen LogP contribution in [0.4, 0.5) is 0 Å². The summed E-state index contributed by atoms with van der Waals surface area (Å²) in [5, 5.41) is 0.865. The van der Waals surface area contributed by atoms with Crippen LogP contribution in [0.25, 0.3) is 21.2 Å². The number of nitrogens with zero attached hydrogens (tertiary/aromatic N) is 1. The summed E-state index contributed by atoms with van der Waals surface area (Å²) in [5.74, 6) is 0. The van der Waals surface area contributed by atoms with Gasteiger partial charge in [0.2, 0.25) is 0 Å². The molecule has 2 nitrogen and oxygen atoms in total. The number of fused-ring (bicyclic) bond motifs is 2. The first-order chi connectivity index (χ1) is 11.4. The molecule has 0 atom stereocenters. The maximum atomic E-state index is 12.9. The quantitative estimate of drug-likeness (QED) is 0.616. The molecule has 0 bridgehead atoms. The lowest BCUT2D eigenvalue weighted by Crippen LogP contribution is -2.26. The molecule has 0 saturated heterocycles. The highest BCUT2D eigenvalue weighted by Gasteiger charge is 2.28. The van der Waals surface area contributed by atoms with Crippen LogP contribution >= 0.6 is 11.3 Å². The molecule has 1 aliphatic rings. The Kier molecular flexibility index (Phi) is 3.57. The van der Waals surface area contributed by atoms with E-state index < -0.39 is 0 Å². The maximum absolute atomic E-state index is 12.9. The van der Waals surface area contributed by atoms with Gasteiger partial charge in [-0.1, -0.05) is 19.9 Å². The van der Waals surface area contributed by atoms with E-state index in [0.717, 1.165) is 46.0 Å². The van der Waals surface area contributed by atoms with Crippen molar-refractivity contribution in [2.75, 3.05) is 0 Å². The predicted octanol–water partition coefficient (Wildman–Crippen LogP) is 5.15. The van der Waals surface area contributed by atoms with Crippen LogP contribution in [0, 0.1) is 12.3 Å². The van der Waals surface area contributed by atoms with Gasteiger partial charge in [-0.3, -0.25) is 9.78 Å². The standard InChI is InChI=1S/C21H21NOS/c1-13-7-9-22-12-17(13)14-4-5-15-18(10-14)24-19-11-21(2,3)8-6-16(19)20(15)23/h4-5,7,9-10,12H,6,8,11H2,1-3H3. The molecule has 2 heterocycles. The fraction of sp³-hybridized carbons (Fsp3) is 0.333. The fourth-order valence-electron chi connectivity index (χ4n) is 3.59. The van der Waals surface area contributed by atoms with E-state index in [9.17, 15) is 4.79 Å². The van der Waals surface area contributed by atoms with Crippen molar-refractivity contribution in [3.05, 3.63) is 62.9 Å². The van der Waals surface area contributed by atoms with Crippen LogP contribution in [0.2, 0.25) is 0 Å². The van der Waals surface area contributed by atoms with E-state index in [-0.39, 0.29) is 5.43 Å². The molecule has 0 amide bonds. The van der Waals surface area contributed by atoms with Gasteiger partial charge in [-0.05, 0) is 60.9 Å². The normalized spacial score (nSPS) is 16.1. The van der Waals surface area contributed by atoms with E-state index in [1.54, 1.807) is 11.3 Å². The van der Waals surface area contributed by atoms with Crippen molar-refractivity contribution in [3.63, 3.8) is 0 Å². The van der Waals surface area contributed by atoms with Gasteiger partial charge in [0.25, 0.3) is 0 Å².